The molecule has 1 aromatic carbocycles. The summed E-state index contributed by atoms with van der Waals surface area (Å²) in [5.41, 5.74) is 1.65. The highest BCUT2D eigenvalue weighted by Crippen LogP contribution is 2.30. The maximum absolute atomic E-state index is 13.0. The quantitative estimate of drug-likeness (QED) is 0.726. The Morgan fingerprint density at radius 2 is 1.83 bits per heavy atom. The van der Waals surface area contributed by atoms with Crippen molar-refractivity contribution < 1.29 is 19.2 Å². The van der Waals surface area contributed by atoms with Gasteiger partial charge in [0.2, 0.25) is 11.8 Å². The Bertz CT molecular complexity index is 895. The summed E-state index contributed by atoms with van der Waals surface area (Å²) >= 11 is 0. The van der Waals surface area contributed by atoms with E-state index >= 15 is 0 Å². The van der Waals surface area contributed by atoms with E-state index in [1.54, 1.807) is 12.1 Å². The molecule has 2 N–H and O–H groups in total. The number of hydrogen-bond donors (Lipinski definition) is 2. The van der Waals surface area contributed by atoms with Gasteiger partial charge in [0.15, 0.2) is 0 Å². The van der Waals surface area contributed by atoms with Gasteiger partial charge in [-0.05, 0) is 50.9 Å². The van der Waals surface area contributed by atoms with Gasteiger partial charge < -0.3 is 5.32 Å². The van der Waals surface area contributed by atoms with E-state index in [4.69, 9.17) is 0 Å². The standard InChI is InChI=1S/C21H26N4O4/c1-21(2)7-8-22-9-10-24(21)12-13-3-4-14-15(11-13)20(29)25(19(14)28)16-5-6-17(26)23-18(16)27/h3-4,11,16,22H,5-10,12H2,1-2H3,(H,23,26,27). The minimum Gasteiger partial charge on any atom is -0.315 e. The fraction of sp³-hybridized carbons (Fsp3) is 0.524. The Balaban J connectivity index is 1.57. The van der Waals surface area contributed by atoms with Gasteiger partial charge in [0.1, 0.15) is 6.04 Å². The summed E-state index contributed by atoms with van der Waals surface area (Å²) in [7, 11) is 0. The molecule has 8 heteroatoms. The molecule has 3 aliphatic heterocycles. The Morgan fingerprint density at radius 1 is 1.07 bits per heavy atom. The summed E-state index contributed by atoms with van der Waals surface area (Å²) < 4.78 is 0. The van der Waals surface area contributed by atoms with Crippen LogP contribution in [0.2, 0.25) is 0 Å². The van der Waals surface area contributed by atoms with Crippen molar-refractivity contribution in [3.05, 3.63) is 34.9 Å². The monoisotopic (exact) mass is 398 g/mol. The van der Waals surface area contributed by atoms with E-state index in [-0.39, 0.29) is 24.3 Å². The van der Waals surface area contributed by atoms with Gasteiger partial charge in [0, 0.05) is 31.6 Å². The molecule has 154 valence electrons. The highest BCUT2D eigenvalue weighted by Gasteiger charge is 2.44. The number of amides is 4. The molecule has 8 nitrogen and oxygen atoms in total. The highest BCUT2D eigenvalue weighted by molar-refractivity contribution is 6.23. The number of fused-ring (bicyclic) bond motifs is 1. The molecular weight excluding hydrogens is 372 g/mol. The van der Waals surface area contributed by atoms with Crippen LogP contribution in [0.25, 0.3) is 0 Å². The molecule has 0 saturated carbocycles. The zero-order valence-electron chi connectivity index (χ0n) is 16.8. The molecule has 2 saturated heterocycles. The molecule has 0 aromatic heterocycles. The van der Waals surface area contributed by atoms with Crippen LogP contribution in [0.1, 0.15) is 59.4 Å². The lowest BCUT2D eigenvalue weighted by molar-refractivity contribution is -0.136. The molecule has 0 aliphatic carbocycles. The second kappa shape index (κ2) is 7.35. The summed E-state index contributed by atoms with van der Waals surface area (Å²) in [5.74, 6) is -1.89. The molecule has 0 spiro atoms. The lowest BCUT2D eigenvalue weighted by atomic mass is 9.97. The van der Waals surface area contributed by atoms with Gasteiger partial charge in [-0.2, -0.15) is 0 Å². The van der Waals surface area contributed by atoms with E-state index in [9.17, 15) is 19.2 Å². The predicted octanol–water partition coefficient (Wildman–Crippen LogP) is 0.662. The van der Waals surface area contributed by atoms with Crippen molar-refractivity contribution in [1.29, 1.82) is 0 Å². The third-order valence-electron chi connectivity index (χ3n) is 6.21. The zero-order chi connectivity index (χ0) is 20.8. The van der Waals surface area contributed by atoms with E-state index in [1.165, 1.54) is 0 Å². The maximum Gasteiger partial charge on any atom is 0.262 e. The summed E-state index contributed by atoms with van der Waals surface area (Å²) in [6, 6.07) is 4.40. The Labute approximate surface area is 169 Å². The van der Waals surface area contributed by atoms with Gasteiger partial charge in [-0.3, -0.25) is 34.3 Å². The number of nitrogens with zero attached hydrogens (tertiary/aromatic N) is 2. The molecule has 1 aromatic rings. The number of piperidine rings is 1. The minimum atomic E-state index is -0.931. The van der Waals surface area contributed by atoms with Crippen molar-refractivity contribution in [3.8, 4) is 0 Å². The number of imide groups is 2. The second-order valence-electron chi connectivity index (χ2n) is 8.56. The normalized spacial score (nSPS) is 25.0. The lowest BCUT2D eigenvalue weighted by Crippen LogP contribution is -2.54. The Hall–Kier alpha value is -2.58. The molecule has 3 aliphatic rings. The average Bonchev–Trinajstić information content (AvgIpc) is 2.79. The number of nitrogens with one attached hydrogen (secondary N) is 2. The molecule has 4 amide bonds. The first-order chi connectivity index (χ1) is 13.8. The van der Waals surface area contributed by atoms with Crippen LogP contribution in [-0.2, 0) is 16.1 Å². The average molecular weight is 398 g/mol. The Morgan fingerprint density at radius 3 is 2.59 bits per heavy atom. The molecule has 1 atom stereocenters. The number of carbonyl (C=O) groups is 4. The molecule has 1 unspecified atom stereocenters. The SMILES string of the molecule is CC1(C)CCNCCN1Cc1ccc2c(c1)C(=O)N(C1CCC(=O)NC1=O)C2=O. The van der Waals surface area contributed by atoms with Crippen LogP contribution in [0, 0.1) is 0 Å². The zero-order valence-corrected chi connectivity index (χ0v) is 16.8. The molecule has 0 bridgehead atoms. The van der Waals surface area contributed by atoms with Crippen molar-refractivity contribution in [2.45, 2.75) is 51.2 Å². The van der Waals surface area contributed by atoms with Crippen molar-refractivity contribution in [2.75, 3.05) is 19.6 Å². The van der Waals surface area contributed by atoms with Gasteiger partial charge in [-0.1, -0.05) is 6.07 Å². The largest absolute Gasteiger partial charge is 0.315 e. The van der Waals surface area contributed by atoms with E-state index < -0.39 is 23.8 Å². The Kier molecular flexibility index (Phi) is 5.00. The van der Waals surface area contributed by atoms with E-state index in [2.05, 4.69) is 29.4 Å². The van der Waals surface area contributed by atoms with Crippen LogP contribution in [0.3, 0.4) is 0 Å². The van der Waals surface area contributed by atoms with E-state index in [0.717, 1.165) is 36.5 Å². The number of carbonyl (C=O) groups excluding carboxylic acids is 4. The third kappa shape index (κ3) is 3.58. The molecule has 2 fully saturated rings. The van der Waals surface area contributed by atoms with Crippen LogP contribution in [0.4, 0.5) is 0 Å². The van der Waals surface area contributed by atoms with Crippen LogP contribution < -0.4 is 10.6 Å². The maximum atomic E-state index is 13.0. The highest BCUT2D eigenvalue weighted by atomic mass is 16.2. The topological polar surface area (TPSA) is 98.8 Å². The van der Waals surface area contributed by atoms with Crippen molar-refractivity contribution >= 4 is 23.6 Å². The van der Waals surface area contributed by atoms with Crippen LogP contribution in [-0.4, -0.2) is 64.6 Å². The summed E-state index contributed by atoms with van der Waals surface area (Å²) in [6.45, 7) is 7.90. The lowest BCUT2D eigenvalue weighted by Gasteiger charge is -2.37. The van der Waals surface area contributed by atoms with Gasteiger partial charge >= 0.3 is 0 Å². The van der Waals surface area contributed by atoms with Gasteiger partial charge in [0.25, 0.3) is 11.8 Å². The van der Waals surface area contributed by atoms with Crippen LogP contribution in [0.5, 0.6) is 0 Å². The van der Waals surface area contributed by atoms with E-state index in [1.807, 2.05) is 6.07 Å². The smallest absolute Gasteiger partial charge is 0.262 e. The summed E-state index contributed by atoms with van der Waals surface area (Å²) in [6.07, 6.45) is 1.31. The number of benzene rings is 1. The predicted molar refractivity (Wildman–Crippen MR) is 105 cm³/mol. The first kappa shape index (κ1) is 19.7. The molecule has 29 heavy (non-hydrogen) atoms. The van der Waals surface area contributed by atoms with Gasteiger partial charge in [-0.25, -0.2) is 0 Å². The molecule has 0 radical (unpaired) electrons. The van der Waals surface area contributed by atoms with Crippen molar-refractivity contribution in [3.63, 3.8) is 0 Å². The van der Waals surface area contributed by atoms with Crippen LogP contribution >= 0.6 is 0 Å². The van der Waals surface area contributed by atoms with Gasteiger partial charge in [-0.15, -0.1) is 0 Å². The number of rotatable bonds is 3. The van der Waals surface area contributed by atoms with Gasteiger partial charge in [0.05, 0.1) is 11.1 Å². The van der Waals surface area contributed by atoms with Crippen LogP contribution in [0.15, 0.2) is 18.2 Å². The summed E-state index contributed by atoms with van der Waals surface area (Å²) in [4.78, 5) is 52.7. The van der Waals surface area contributed by atoms with Crippen molar-refractivity contribution in [1.82, 2.24) is 20.4 Å². The summed E-state index contributed by atoms with van der Waals surface area (Å²) in [5, 5.41) is 5.63. The fourth-order valence-corrected chi connectivity index (χ4v) is 4.32. The first-order valence-electron chi connectivity index (χ1n) is 10.1. The molecule has 4 rings (SSSR count). The van der Waals surface area contributed by atoms with Crippen molar-refractivity contribution in [2.24, 2.45) is 0 Å². The third-order valence-corrected chi connectivity index (χ3v) is 6.21. The molecule has 3 heterocycles. The number of hydrogen-bond acceptors (Lipinski definition) is 6. The first-order valence-corrected chi connectivity index (χ1v) is 10.1. The molecular formula is C21H26N4O4. The van der Waals surface area contributed by atoms with E-state index in [0.29, 0.717) is 17.7 Å². The fourth-order valence-electron chi connectivity index (χ4n) is 4.32. The minimum absolute atomic E-state index is 0.0289. The second-order valence-corrected chi connectivity index (χ2v) is 8.56.